The van der Waals surface area contributed by atoms with Crippen LogP contribution in [-0.2, 0) is 4.74 Å². The monoisotopic (exact) mass is 281 g/mol. The van der Waals surface area contributed by atoms with Crippen molar-refractivity contribution < 1.29 is 19.6 Å². The van der Waals surface area contributed by atoms with Crippen LogP contribution in [0.5, 0.6) is 0 Å². The smallest absolute Gasteiger partial charge is 0.342 e. The summed E-state index contributed by atoms with van der Waals surface area (Å²) >= 11 is 0. The average Bonchev–Trinajstić information content (AvgIpc) is 2.45. The second kappa shape index (κ2) is 6.29. The second-order valence-electron chi connectivity index (χ2n) is 4.59. The number of nitrogens with one attached hydrogen (secondary N) is 1. The molecule has 108 valence electrons. The molecule has 8 nitrogen and oxygen atoms in total. The zero-order valence-electron chi connectivity index (χ0n) is 10.7. The summed E-state index contributed by atoms with van der Waals surface area (Å²) in [7, 11) is 0. The number of hydrogen-bond donors (Lipinski definition) is 2. The summed E-state index contributed by atoms with van der Waals surface area (Å²) in [6, 6.07) is 1.19. The minimum absolute atomic E-state index is 0.333. The first-order valence-corrected chi connectivity index (χ1v) is 6.27. The van der Waals surface area contributed by atoms with Gasteiger partial charge in [-0.05, 0) is 18.8 Å². The molecule has 1 saturated heterocycles. The van der Waals surface area contributed by atoms with Gasteiger partial charge < -0.3 is 15.2 Å². The number of nitro groups is 1. The summed E-state index contributed by atoms with van der Waals surface area (Å²) < 4.78 is 5.25. The highest BCUT2D eigenvalue weighted by Crippen LogP contribution is 2.21. The molecule has 1 fully saturated rings. The van der Waals surface area contributed by atoms with Crippen molar-refractivity contribution in [1.29, 1.82) is 0 Å². The fourth-order valence-corrected chi connectivity index (χ4v) is 2.06. The lowest BCUT2D eigenvalue weighted by Gasteiger charge is -2.22. The third-order valence-corrected chi connectivity index (χ3v) is 3.22. The van der Waals surface area contributed by atoms with Gasteiger partial charge in [-0.3, -0.25) is 10.1 Å². The Labute approximate surface area is 114 Å². The zero-order valence-corrected chi connectivity index (χ0v) is 10.7. The Kier molecular flexibility index (Phi) is 4.46. The molecular formula is C12H15N3O5. The number of ether oxygens (including phenoxy) is 1. The molecule has 2 heterocycles. The van der Waals surface area contributed by atoms with Crippen molar-refractivity contribution >= 4 is 17.5 Å². The van der Waals surface area contributed by atoms with E-state index >= 15 is 0 Å². The lowest BCUT2D eigenvalue weighted by atomic mass is 10.0. The Balaban J connectivity index is 2.06. The average molecular weight is 281 g/mol. The number of pyridine rings is 1. The first-order chi connectivity index (χ1) is 9.58. The number of aromatic nitrogens is 1. The topological polar surface area (TPSA) is 115 Å². The number of nitrogens with zero attached hydrogens (tertiary/aromatic N) is 2. The van der Waals surface area contributed by atoms with Gasteiger partial charge in [0.1, 0.15) is 17.6 Å². The summed E-state index contributed by atoms with van der Waals surface area (Å²) in [6.45, 7) is 2.09. The van der Waals surface area contributed by atoms with Gasteiger partial charge in [0.2, 0.25) is 0 Å². The van der Waals surface area contributed by atoms with Gasteiger partial charge in [-0.15, -0.1) is 0 Å². The minimum atomic E-state index is -1.34. The Morgan fingerprint density at radius 2 is 2.25 bits per heavy atom. The number of aromatic carboxylic acids is 1. The molecule has 0 aromatic carbocycles. The highest BCUT2D eigenvalue weighted by molar-refractivity contribution is 5.93. The normalized spacial score (nSPS) is 15.8. The zero-order chi connectivity index (χ0) is 14.5. The molecule has 0 spiro atoms. The first-order valence-electron chi connectivity index (χ1n) is 6.27. The third-order valence-electron chi connectivity index (χ3n) is 3.22. The van der Waals surface area contributed by atoms with Crippen molar-refractivity contribution in [1.82, 2.24) is 4.98 Å². The van der Waals surface area contributed by atoms with Crippen LogP contribution in [0, 0.1) is 16.0 Å². The number of carboxylic acid groups (broad SMARTS) is 1. The van der Waals surface area contributed by atoms with E-state index in [0.717, 1.165) is 32.3 Å². The molecule has 20 heavy (non-hydrogen) atoms. The number of carboxylic acids is 1. The SMILES string of the molecule is O=C(O)c1cc(NCC2CCOCC2)ncc1[N+](=O)[O-]. The minimum Gasteiger partial charge on any atom is -0.477 e. The Morgan fingerprint density at radius 3 is 2.85 bits per heavy atom. The lowest BCUT2D eigenvalue weighted by molar-refractivity contribution is -0.385. The van der Waals surface area contributed by atoms with Gasteiger partial charge in [-0.1, -0.05) is 0 Å². The number of anilines is 1. The first kappa shape index (κ1) is 14.2. The van der Waals surface area contributed by atoms with Crippen LogP contribution in [0.25, 0.3) is 0 Å². The van der Waals surface area contributed by atoms with E-state index < -0.39 is 16.6 Å². The fourth-order valence-electron chi connectivity index (χ4n) is 2.06. The number of hydrogen-bond acceptors (Lipinski definition) is 6. The van der Waals surface area contributed by atoms with Crippen molar-refractivity contribution in [3.63, 3.8) is 0 Å². The maximum atomic E-state index is 11.0. The van der Waals surface area contributed by atoms with E-state index in [1.807, 2.05) is 0 Å². The summed E-state index contributed by atoms with van der Waals surface area (Å²) in [6.07, 6.45) is 2.84. The van der Waals surface area contributed by atoms with E-state index in [9.17, 15) is 14.9 Å². The Bertz CT molecular complexity index is 514. The van der Waals surface area contributed by atoms with E-state index in [4.69, 9.17) is 9.84 Å². The van der Waals surface area contributed by atoms with Crippen LogP contribution >= 0.6 is 0 Å². The predicted octanol–water partition coefficient (Wildman–Crippen LogP) is 1.53. The van der Waals surface area contributed by atoms with Crippen LogP contribution in [0.2, 0.25) is 0 Å². The maximum Gasteiger partial charge on any atom is 0.342 e. The summed E-state index contributed by atoms with van der Waals surface area (Å²) in [4.78, 5) is 24.8. The highest BCUT2D eigenvalue weighted by atomic mass is 16.6. The van der Waals surface area contributed by atoms with Gasteiger partial charge in [0.05, 0.1) is 4.92 Å². The quantitative estimate of drug-likeness (QED) is 0.621. The summed E-state index contributed by atoms with van der Waals surface area (Å²) in [5.74, 6) is -0.568. The summed E-state index contributed by atoms with van der Waals surface area (Å²) in [5, 5.41) is 22.7. The van der Waals surface area contributed by atoms with Gasteiger partial charge in [-0.25, -0.2) is 9.78 Å². The standard InChI is InChI=1S/C12H15N3O5/c16-12(17)9-5-11(14-7-10(9)15(18)19)13-6-8-1-3-20-4-2-8/h5,7-8H,1-4,6H2,(H,13,14)(H,16,17). The molecule has 0 saturated carbocycles. The van der Waals surface area contributed by atoms with Crippen LogP contribution in [0.1, 0.15) is 23.2 Å². The molecule has 1 aliphatic heterocycles. The molecule has 8 heteroatoms. The van der Waals surface area contributed by atoms with Crippen LogP contribution in [0.15, 0.2) is 12.3 Å². The second-order valence-corrected chi connectivity index (χ2v) is 4.59. The molecule has 0 bridgehead atoms. The number of rotatable bonds is 5. The van der Waals surface area contributed by atoms with Gasteiger partial charge >= 0.3 is 11.7 Å². The molecule has 0 unspecified atom stereocenters. The van der Waals surface area contributed by atoms with Crippen LogP contribution in [0.4, 0.5) is 11.5 Å². The molecule has 2 rings (SSSR count). The molecule has 1 aromatic rings. The highest BCUT2D eigenvalue weighted by Gasteiger charge is 2.21. The van der Waals surface area contributed by atoms with Gasteiger partial charge in [0, 0.05) is 25.8 Å². The van der Waals surface area contributed by atoms with E-state index in [2.05, 4.69) is 10.3 Å². The van der Waals surface area contributed by atoms with Gasteiger partial charge in [0.15, 0.2) is 0 Å². The lowest BCUT2D eigenvalue weighted by Crippen LogP contribution is -2.23. The summed E-state index contributed by atoms with van der Waals surface area (Å²) in [5.41, 5.74) is -0.867. The van der Waals surface area contributed by atoms with Gasteiger partial charge in [0.25, 0.3) is 0 Å². The fraction of sp³-hybridized carbons (Fsp3) is 0.500. The largest absolute Gasteiger partial charge is 0.477 e. The van der Waals surface area contributed by atoms with Gasteiger partial charge in [-0.2, -0.15) is 0 Å². The van der Waals surface area contributed by atoms with Crippen molar-refractivity contribution in [3.8, 4) is 0 Å². The van der Waals surface area contributed by atoms with E-state index in [1.165, 1.54) is 6.07 Å². The Morgan fingerprint density at radius 1 is 1.55 bits per heavy atom. The van der Waals surface area contributed by atoms with E-state index in [1.54, 1.807) is 0 Å². The Hall–Kier alpha value is -2.22. The van der Waals surface area contributed by atoms with E-state index in [0.29, 0.717) is 18.3 Å². The van der Waals surface area contributed by atoms with Crippen LogP contribution in [0.3, 0.4) is 0 Å². The molecule has 0 aliphatic carbocycles. The van der Waals surface area contributed by atoms with Crippen molar-refractivity contribution in [2.45, 2.75) is 12.8 Å². The predicted molar refractivity (Wildman–Crippen MR) is 69.9 cm³/mol. The molecule has 0 radical (unpaired) electrons. The molecule has 1 aliphatic rings. The molecular weight excluding hydrogens is 266 g/mol. The molecule has 2 N–H and O–H groups in total. The molecule has 1 aromatic heterocycles. The maximum absolute atomic E-state index is 11.0. The van der Waals surface area contributed by atoms with Crippen LogP contribution < -0.4 is 5.32 Å². The number of carbonyl (C=O) groups is 1. The van der Waals surface area contributed by atoms with Crippen molar-refractivity contribution in [2.75, 3.05) is 25.1 Å². The molecule has 0 amide bonds. The van der Waals surface area contributed by atoms with Crippen molar-refractivity contribution in [2.24, 2.45) is 5.92 Å². The van der Waals surface area contributed by atoms with Crippen LogP contribution in [-0.4, -0.2) is 40.7 Å². The van der Waals surface area contributed by atoms with Crippen molar-refractivity contribution in [3.05, 3.63) is 27.9 Å². The molecule has 0 atom stereocenters. The third kappa shape index (κ3) is 3.41. The van der Waals surface area contributed by atoms with E-state index in [-0.39, 0.29) is 5.56 Å².